The largest absolute Gasteiger partial charge is 0.408 e. The number of aromatic nitrogens is 5. The molecule has 3 aromatic heterocycles. The molecular formula is C23H27F3N8O. The second-order valence-electron chi connectivity index (χ2n) is 10.1. The minimum Gasteiger partial charge on any atom is -0.354 e. The van der Waals surface area contributed by atoms with Crippen LogP contribution in [0.25, 0.3) is 22.3 Å². The lowest BCUT2D eigenvalue weighted by molar-refractivity contribution is -0.141. The van der Waals surface area contributed by atoms with Crippen LogP contribution in [0.5, 0.6) is 0 Å². The number of urea groups is 1. The van der Waals surface area contributed by atoms with Gasteiger partial charge in [-0.25, -0.2) is 4.79 Å². The van der Waals surface area contributed by atoms with Crippen molar-refractivity contribution in [3.05, 3.63) is 18.5 Å². The highest BCUT2D eigenvalue weighted by atomic mass is 19.4. The molecule has 0 radical (unpaired) electrons. The number of fused-ring (bicyclic) bond motifs is 1. The van der Waals surface area contributed by atoms with Crippen LogP contribution < -0.4 is 10.2 Å². The van der Waals surface area contributed by atoms with Gasteiger partial charge in [0.1, 0.15) is 12.2 Å². The van der Waals surface area contributed by atoms with E-state index >= 15 is 0 Å². The Kier molecular flexibility index (Phi) is 4.98. The van der Waals surface area contributed by atoms with Gasteiger partial charge in [0.05, 0.1) is 28.5 Å². The maximum absolute atomic E-state index is 13.3. The van der Waals surface area contributed by atoms with Gasteiger partial charge >= 0.3 is 12.2 Å². The molecular weight excluding hydrogens is 461 g/mol. The monoisotopic (exact) mass is 488 g/mol. The van der Waals surface area contributed by atoms with Crippen LogP contribution in [0.1, 0.15) is 39.0 Å². The standard InChI is InChI=1S/C23H27F3N8O/c1-14-11-32(12-14)20-15-9-27-16(8-18(15)34(31-20)13-23(24,25)26)19-17(10-28-30-19)29-21(35)33-7-3-2-4-22(33)5-6-22/h8-10,14H,2-7,11-13H2,1H3,(H,28,30)(H,29,35). The third kappa shape index (κ3) is 3.98. The van der Waals surface area contributed by atoms with Crippen LogP contribution in [-0.4, -0.2) is 67.2 Å². The van der Waals surface area contributed by atoms with Crippen molar-refractivity contribution in [3.63, 3.8) is 0 Å². The number of halogens is 3. The number of pyridine rings is 1. The zero-order valence-corrected chi connectivity index (χ0v) is 19.4. The third-order valence-corrected chi connectivity index (χ3v) is 7.37. The van der Waals surface area contributed by atoms with Crippen molar-refractivity contribution < 1.29 is 18.0 Å². The summed E-state index contributed by atoms with van der Waals surface area (Å²) < 4.78 is 40.9. The van der Waals surface area contributed by atoms with E-state index in [0.29, 0.717) is 39.7 Å². The van der Waals surface area contributed by atoms with E-state index in [9.17, 15) is 18.0 Å². The Morgan fingerprint density at radius 2 is 2.03 bits per heavy atom. The first-order valence-electron chi connectivity index (χ1n) is 12.0. The number of piperidine rings is 1. The molecule has 6 rings (SSSR count). The van der Waals surface area contributed by atoms with Crippen molar-refractivity contribution in [2.24, 2.45) is 5.92 Å². The molecule has 2 aliphatic heterocycles. The highest BCUT2D eigenvalue weighted by molar-refractivity contribution is 5.96. The van der Waals surface area contributed by atoms with Crippen LogP contribution in [0, 0.1) is 5.92 Å². The van der Waals surface area contributed by atoms with E-state index < -0.39 is 12.7 Å². The minimum absolute atomic E-state index is 0.0156. The number of hydrogen-bond donors (Lipinski definition) is 2. The van der Waals surface area contributed by atoms with Crippen LogP contribution in [0.2, 0.25) is 0 Å². The number of nitrogens with zero attached hydrogens (tertiary/aromatic N) is 6. The number of anilines is 2. The van der Waals surface area contributed by atoms with Gasteiger partial charge in [0, 0.05) is 31.4 Å². The van der Waals surface area contributed by atoms with Gasteiger partial charge in [0.25, 0.3) is 0 Å². The number of carbonyl (C=O) groups is 1. The molecule has 186 valence electrons. The molecule has 12 heteroatoms. The predicted molar refractivity (Wildman–Crippen MR) is 124 cm³/mol. The Morgan fingerprint density at radius 3 is 2.74 bits per heavy atom. The molecule has 3 aromatic rings. The van der Waals surface area contributed by atoms with E-state index in [4.69, 9.17) is 0 Å². The van der Waals surface area contributed by atoms with E-state index in [1.807, 2.05) is 9.80 Å². The van der Waals surface area contributed by atoms with Gasteiger partial charge in [-0.1, -0.05) is 6.92 Å². The molecule has 9 nitrogen and oxygen atoms in total. The molecule has 1 spiro atoms. The average Bonchev–Trinajstić information content (AvgIpc) is 3.24. The Balaban J connectivity index is 1.32. The lowest BCUT2D eigenvalue weighted by atomic mass is 10.0. The second kappa shape index (κ2) is 7.85. The van der Waals surface area contributed by atoms with Crippen LogP contribution in [-0.2, 0) is 6.54 Å². The molecule has 0 bridgehead atoms. The SMILES string of the molecule is CC1CN(c2nn(CC(F)(F)F)c3cc(-c4[nH]ncc4NC(=O)N4CCCCC45CC5)ncc23)C1. The van der Waals surface area contributed by atoms with Crippen LogP contribution in [0.15, 0.2) is 18.5 Å². The molecule has 3 aliphatic rings. The molecule has 35 heavy (non-hydrogen) atoms. The maximum Gasteiger partial charge on any atom is 0.408 e. The number of hydrogen-bond acceptors (Lipinski definition) is 5. The van der Waals surface area contributed by atoms with Crippen molar-refractivity contribution >= 4 is 28.4 Å². The molecule has 5 heterocycles. The van der Waals surface area contributed by atoms with Gasteiger partial charge in [-0.05, 0) is 44.1 Å². The molecule has 3 fully saturated rings. The molecule has 2 N–H and O–H groups in total. The van der Waals surface area contributed by atoms with Gasteiger partial charge in [0.2, 0.25) is 0 Å². The first kappa shape index (κ1) is 22.2. The van der Waals surface area contributed by atoms with E-state index in [-0.39, 0.29) is 11.6 Å². The summed E-state index contributed by atoms with van der Waals surface area (Å²) in [4.78, 5) is 21.5. The summed E-state index contributed by atoms with van der Waals surface area (Å²) in [5.41, 5.74) is 1.60. The van der Waals surface area contributed by atoms with Crippen molar-refractivity contribution in [3.8, 4) is 11.4 Å². The maximum atomic E-state index is 13.3. The van der Waals surface area contributed by atoms with Crippen molar-refractivity contribution in [2.45, 2.75) is 57.3 Å². The minimum atomic E-state index is -4.41. The van der Waals surface area contributed by atoms with E-state index in [1.54, 1.807) is 12.3 Å². The lowest BCUT2D eigenvalue weighted by Crippen LogP contribution is -2.47. The van der Waals surface area contributed by atoms with Gasteiger partial charge in [-0.3, -0.25) is 14.8 Å². The number of alkyl halides is 3. The normalized spacial score (nSPS) is 19.9. The molecule has 1 saturated carbocycles. The number of rotatable bonds is 4. The number of carbonyl (C=O) groups excluding carboxylic acids is 1. The number of H-pyrrole nitrogens is 1. The molecule has 2 amide bonds. The summed E-state index contributed by atoms with van der Waals surface area (Å²) in [6.45, 7) is 3.10. The predicted octanol–water partition coefficient (Wildman–Crippen LogP) is 4.39. The third-order valence-electron chi connectivity index (χ3n) is 7.37. The van der Waals surface area contributed by atoms with Gasteiger partial charge < -0.3 is 15.1 Å². The second-order valence-corrected chi connectivity index (χ2v) is 10.1. The smallest absolute Gasteiger partial charge is 0.354 e. The Bertz CT molecular complexity index is 1270. The van der Waals surface area contributed by atoms with Gasteiger partial charge in [0.15, 0.2) is 5.82 Å². The van der Waals surface area contributed by atoms with Crippen molar-refractivity contribution in [2.75, 3.05) is 29.9 Å². The zero-order chi connectivity index (χ0) is 24.4. The summed E-state index contributed by atoms with van der Waals surface area (Å²) in [5.74, 6) is 0.982. The Morgan fingerprint density at radius 1 is 1.23 bits per heavy atom. The lowest BCUT2D eigenvalue weighted by Gasteiger charge is -2.37. The van der Waals surface area contributed by atoms with Gasteiger partial charge in [-0.15, -0.1) is 0 Å². The molecule has 2 saturated heterocycles. The quantitative estimate of drug-likeness (QED) is 0.568. The average molecular weight is 489 g/mol. The van der Waals surface area contributed by atoms with Crippen LogP contribution >= 0.6 is 0 Å². The zero-order valence-electron chi connectivity index (χ0n) is 19.4. The van der Waals surface area contributed by atoms with Crippen LogP contribution in [0.3, 0.4) is 0 Å². The van der Waals surface area contributed by atoms with Crippen LogP contribution in [0.4, 0.5) is 29.5 Å². The molecule has 0 aromatic carbocycles. The summed E-state index contributed by atoms with van der Waals surface area (Å²) >= 11 is 0. The molecule has 1 aliphatic carbocycles. The first-order chi connectivity index (χ1) is 16.7. The summed E-state index contributed by atoms with van der Waals surface area (Å²) in [6.07, 6.45) is 3.83. The molecule has 0 atom stereocenters. The summed E-state index contributed by atoms with van der Waals surface area (Å²) in [5, 5.41) is 14.7. The van der Waals surface area contributed by atoms with Crippen molar-refractivity contribution in [1.29, 1.82) is 0 Å². The highest BCUT2D eigenvalue weighted by Gasteiger charge is 2.51. The fourth-order valence-corrected chi connectivity index (χ4v) is 5.42. The fourth-order valence-electron chi connectivity index (χ4n) is 5.42. The van der Waals surface area contributed by atoms with E-state index in [0.717, 1.165) is 56.4 Å². The number of likely N-dealkylation sites (tertiary alicyclic amines) is 1. The first-order valence-corrected chi connectivity index (χ1v) is 12.0. The van der Waals surface area contributed by atoms with Crippen molar-refractivity contribution in [1.82, 2.24) is 29.9 Å². The number of amides is 2. The number of nitrogens with one attached hydrogen (secondary N) is 2. The summed E-state index contributed by atoms with van der Waals surface area (Å²) in [7, 11) is 0. The summed E-state index contributed by atoms with van der Waals surface area (Å²) in [6, 6.07) is 1.40. The highest BCUT2D eigenvalue weighted by Crippen LogP contribution is 2.48. The topological polar surface area (TPSA) is 95.0 Å². The fraction of sp³-hybridized carbons (Fsp3) is 0.565. The Labute approximate surface area is 199 Å². The number of aromatic amines is 1. The van der Waals surface area contributed by atoms with E-state index in [1.165, 1.54) is 6.20 Å². The Hall–Kier alpha value is -3.31. The molecule has 0 unspecified atom stereocenters. The van der Waals surface area contributed by atoms with Gasteiger partial charge in [-0.2, -0.15) is 23.4 Å². The van der Waals surface area contributed by atoms with E-state index in [2.05, 4.69) is 32.5 Å².